The van der Waals surface area contributed by atoms with Gasteiger partial charge in [0.1, 0.15) is 5.00 Å². The number of nitrogens with one attached hydrogen (secondary N) is 1. The van der Waals surface area contributed by atoms with Crippen LogP contribution in [0.3, 0.4) is 0 Å². The Hall–Kier alpha value is -1.93. The fourth-order valence-electron chi connectivity index (χ4n) is 4.59. The van der Waals surface area contributed by atoms with E-state index in [1.165, 1.54) is 11.3 Å². The van der Waals surface area contributed by atoms with Gasteiger partial charge in [-0.2, -0.15) is 0 Å². The molecule has 1 fully saturated rings. The molecule has 4 rings (SSSR count). The highest BCUT2D eigenvalue weighted by atomic mass is 35.5. The average Bonchev–Trinajstić information content (AvgIpc) is 2.97. The Morgan fingerprint density at radius 3 is 2.55 bits per heavy atom. The van der Waals surface area contributed by atoms with Gasteiger partial charge in [0.2, 0.25) is 5.91 Å². The summed E-state index contributed by atoms with van der Waals surface area (Å²) < 4.78 is 5.33. The number of rotatable bonds is 7. The number of carbonyl (C=O) groups is 2. The lowest BCUT2D eigenvalue weighted by Crippen LogP contribution is -2.48. The van der Waals surface area contributed by atoms with Crippen LogP contribution in [0.4, 0.5) is 5.00 Å². The van der Waals surface area contributed by atoms with Gasteiger partial charge in [-0.25, -0.2) is 4.79 Å². The number of amides is 1. The van der Waals surface area contributed by atoms with E-state index in [9.17, 15) is 9.59 Å². The van der Waals surface area contributed by atoms with Crippen LogP contribution < -0.4 is 5.32 Å². The fourth-order valence-corrected chi connectivity index (χ4v) is 6.08. The maximum absolute atomic E-state index is 12.9. The van der Waals surface area contributed by atoms with Gasteiger partial charge in [0, 0.05) is 42.6 Å². The monoisotopic (exact) mass is 489 g/mol. The molecule has 0 spiro atoms. The van der Waals surface area contributed by atoms with Gasteiger partial charge in [0.15, 0.2) is 0 Å². The number of esters is 1. The van der Waals surface area contributed by atoms with Crippen LogP contribution in [0, 0.1) is 0 Å². The van der Waals surface area contributed by atoms with Gasteiger partial charge in [0.05, 0.1) is 18.7 Å². The number of thiophene rings is 1. The number of fused-ring (bicyclic) bond motifs is 1. The van der Waals surface area contributed by atoms with Crippen molar-refractivity contribution in [1.82, 2.24) is 9.80 Å². The molecule has 2 heterocycles. The van der Waals surface area contributed by atoms with Crippen molar-refractivity contribution < 1.29 is 14.3 Å². The Kier molecular flexibility index (Phi) is 8.41. The third-order valence-corrected chi connectivity index (χ3v) is 7.91. The highest BCUT2D eigenvalue weighted by molar-refractivity contribution is 7.17. The number of anilines is 1. The van der Waals surface area contributed by atoms with Crippen molar-refractivity contribution in [1.29, 1.82) is 0 Å². The summed E-state index contributed by atoms with van der Waals surface area (Å²) in [4.78, 5) is 31.3. The minimum absolute atomic E-state index is 0.0727. The molecule has 0 saturated carbocycles. The molecule has 0 unspecified atom stereocenters. The van der Waals surface area contributed by atoms with E-state index in [0.717, 1.165) is 74.6 Å². The third kappa shape index (κ3) is 6.15. The Bertz CT molecular complexity index is 985. The molecule has 2 aromatic rings. The van der Waals surface area contributed by atoms with Crippen molar-refractivity contribution in [3.05, 3.63) is 50.9 Å². The first-order chi connectivity index (χ1) is 16.0. The normalized spacial score (nSPS) is 17.3. The van der Waals surface area contributed by atoms with Crippen LogP contribution in [-0.2, 0) is 28.9 Å². The van der Waals surface area contributed by atoms with E-state index in [1.807, 2.05) is 25.1 Å². The predicted octanol–water partition coefficient (Wildman–Crippen LogP) is 4.60. The number of benzene rings is 1. The first-order valence-electron chi connectivity index (χ1n) is 11.8. The molecule has 0 atom stereocenters. The molecular weight excluding hydrogens is 458 g/mol. The Balaban J connectivity index is 1.34. The van der Waals surface area contributed by atoms with Crippen molar-refractivity contribution in [3.63, 3.8) is 0 Å². The van der Waals surface area contributed by atoms with Gasteiger partial charge in [0.25, 0.3) is 0 Å². The van der Waals surface area contributed by atoms with Crippen LogP contribution in [0.25, 0.3) is 0 Å². The van der Waals surface area contributed by atoms with E-state index in [2.05, 4.69) is 21.2 Å². The van der Waals surface area contributed by atoms with Crippen molar-refractivity contribution in [2.45, 2.75) is 45.6 Å². The molecule has 1 aromatic heterocycles. The van der Waals surface area contributed by atoms with Crippen LogP contribution in [0.2, 0.25) is 5.02 Å². The van der Waals surface area contributed by atoms with Gasteiger partial charge in [-0.3, -0.25) is 14.6 Å². The van der Waals surface area contributed by atoms with Crippen LogP contribution in [0.15, 0.2) is 24.3 Å². The van der Waals surface area contributed by atoms with E-state index in [-0.39, 0.29) is 11.9 Å². The number of piperazine rings is 1. The number of hydrogen-bond acceptors (Lipinski definition) is 6. The lowest BCUT2D eigenvalue weighted by molar-refractivity contribution is -0.117. The highest BCUT2D eigenvalue weighted by Gasteiger charge is 2.27. The zero-order valence-electron chi connectivity index (χ0n) is 19.2. The molecule has 178 valence electrons. The average molecular weight is 490 g/mol. The highest BCUT2D eigenvalue weighted by Crippen LogP contribution is 2.38. The minimum atomic E-state index is -0.319. The predicted molar refractivity (Wildman–Crippen MR) is 133 cm³/mol. The number of aryl methyl sites for hydroxylation is 1. The number of halogens is 1. The molecule has 1 aromatic carbocycles. The number of nitrogens with zero attached hydrogens (tertiary/aromatic N) is 2. The van der Waals surface area contributed by atoms with Crippen LogP contribution in [-0.4, -0.2) is 61.0 Å². The van der Waals surface area contributed by atoms with E-state index >= 15 is 0 Å². The maximum atomic E-state index is 12.9. The number of carbonyl (C=O) groups excluding carboxylic acids is 2. The number of ether oxygens (including phenoxy) is 1. The summed E-state index contributed by atoms with van der Waals surface area (Å²) >= 11 is 7.85. The summed E-state index contributed by atoms with van der Waals surface area (Å²) in [6.07, 6.45) is 5.22. The zero-order chi connectivity index (χ0) is 23.2. The molecule has 1 aliphatic heterocycles. The summed E-state index contributed by atoms with van der Waals surface area (Å²) in [5.74, 6) is -0.392. The lowest BCUT2D eigenvalue weighted by atomic mass is 10.1. The van der Waals surface area contributed by atoms with Crippen molar-refractivity contribution in [2.75, 3.05) is 44.6 Å². The molecule has 1 N–H and O–H groups in total. The topological polar surface area (TPSA) is 61.9 Å². The van der Waals surface area contributed by atoms with Crippen molar-refractivity contribution in [2.24, 2.45) is 0 Å². The fraction of sp³-hybridized carbons (Fsp3) is 0.520. The van der Waals surface area contributed by atoms with E-state index < -0.39 is 0 Å². The second-order valence-corrected chi connectivity index (χ2v) is 10.2. The van der Waals surface area contributed by atoms with Gasteiger partial charge in [-0.15, -0.1) is 11.3 Å². The van der Waals surface area contributed by atoms with Crippen molar-refractivity contribution >= 4 is 39.8 Å². The first-order valence-corrected chi connectivity index (χ1v) is 13.0. The third-order valence-electron chi connectivity index (χ3n) is 6.34. The lowest BCUT2D eigenvalue weighted by Gasteiger charge is -2.34. The van der Waals surface area contributed by atoms with Crippen LogP contribution >= 0.6 is 22.9 Å². The Morgan fingerprint density at radius 1 is 1.06 bits per heavy atom. The smallest absolute Gasteiger partial charge is 0.341 e. The maximum Gasteiger partial charge on any atom is 0.341 e. The molecule has 6 nitrogen and oxygen atoms in total. The Morgan fingerprint density at radius 2 is 1.79 bits per heavy atom. The molecule has 0 bridgehead atoms. The molecule has 1 amide bonds. The SMILES string of the molecule is CCOC(=O)c1c(NC(=O)CN2CCN(Cc3ccccc3Cl)CC2)sc2c1CCCCC2. The minimum Gasteiger partial charge on any atom is -0.462 e. The van der Waals surface area contributed by atoms with E-state index in [4.69, 9.17) is 16.3 Å². The Labute approximate surface area is 204 Å². The van der Waals surface area contributed by atoms with E-state index in [0.29, 0.717) is 23.7 Å². The standard InChI is InChI=1S/C25H32ClN3O3S/c1-2-32-25(31)23-19-9-4-3-5-11-21(19)33-24(23)27-22(30)17-29-14-12-28(13-15-29)16-18-8-6-7-10-20(18)26/h6-8,10H,2-5,9,11-17H2,1H3,(H,27,30). The largest absolute Gasteiger partial charge is 0.462 e. The molecular formula is C25H32ClN3O3S. The summed E-state index contributed by atoms with van der Waals surface area (Å²) in [6.45, 7) is 6.71. The van der Waals surface area contributed by atoms with Gasteiger partial charge in [-0.05, 0) is 49.8 Å². The summed E-state index contributed by atoms with van der Waals surface area (Å²) in [7, 11) is 0. The molecule has 0 radical (unpaired) electrons. The molecule has 33 heavy (non-hydrogen) atoms. The van der Waals surface area contributed by atoms with Crippen LogP contribution in [0.1, 0.15) is 52.5 Å². The van der Waals surface area contributed by atoms with Crippen LogP contribution in [0.5, 0.6) is 0 Å². The van der Waals surface area contributed by atoms with Crippen molar-refractivity contribution in [3.8, 4) is 0 Å². The van der Waals surface area contributed by atoms with Gasteiger partial charge in [-0.1, -0.05) is 36.2 Å². The molecule has 1 aliphatic carbocycles. The second-order valence-electron chi connectivity index (χ2n) is 8.68. The quantitative estimate of drug-likeness (QED) is 0.455. The van der Waals surface area contributed by atoms with Gasteiger partial charge >= 0.3 is 5.97 Å². The summed E-state index contributed by atoms with van der Waals surface area (Å²) in [5.41, 5.74) is 2.80. The summed E-state index contributed by atoms with van der Waals surface area (Å²) in [6, 6.07) is 7.94. The van der Waals surface area contributed by atoms with Gasteiger partial charge < -0.3 is 10.1 Å². The first kappa shape index (κ1) is 24.2. The molecule has 2 aliphatic rings. The zero-order valence-corrected chi connectivity index (χ0v) is 20.8. The molecule has 8 heteroatoms. The van der Waals surface area contributed by atoms with E-state index in [1.54, 1.807) is 11.3 Å². The second kappa shape index (κ2) is 11.5. The molecule has 1 saturated heterocycles. The number of hydrogen-bond donors (Lipinski definition) is 1. The summed E-state index contributed by atoms with van der Waals surface area (Å²) in [5, 5.41) is 4.49.